The summed E-state index contributed by atoms with van der Waals surface area (Å²) in [5.74, 6) is 0.0591. The molecule has 2 aliphatic carbocycles. The van der Waals surface area contributed by atoms with Crippen LogP contribution in [0.2, 0.25) is 0 Å². The number of fused-ring (bicyclic) bond motifs is 4. The zero-order valence-electron chi connectivity index (χ0n) is 16.6. The Hall–Kier alpha value is -2.20. The molecule has 4 aliphatic rings. The summed E-state index contributed by atoms with van der Waals surface area (Å²) in [5, 5.41) is 0. The van der Waals surface area contributed by atoms with Crippen LogP contribution in [-0.4, -0.2) is 35.8 Å². The predicted octanol–water partition coefficient (Wildman–Crippen LogP) is 3.46. The highest BCUT2D eigenvalue weighted by Crippen LogP contribution is 2.53. The topological polar surface area (TPSA) is 46.6 Å². The molecule has 28 heavy (non-hydrogen) atoms. The first-order valence-electron chi connectivity index (χ1n) is 10.4. The molecule has 0 N–H and O–H groups in total. The van der Waals surface area contributed by atoms with E-state index in [1.807, 2.05) is 13.0 Å². The van der Waals surface area contributed by atoms with Gasteiger partial charge in [-0.3, -0.25) is 14.5 Å². The molecule has 0 radical (unpaired) electrons. The minimum atomic E-state index is -0.234. The molecule has 2 aliphatic heterocycles. The van der Waals surface area contributed by atoms with E-state index in [-0.39, 0.29) is 35.1 Å². The number of carbonyl (C=O) groups excluding carboxylic acids is 2. The van der Waals surface area contributed by atoms with Crippen molar-refractivity contribution in [2.75, 3.05) is 13.1 Å². The number of hydrogen-bond acceptors (Lipinski definition) is 4. The summed E-state index contributed by atoms with van der Waals surface area (Å²) in [6.45, 7) is 6.70. The summed E-state index contributed by atoms with van der Waals surface area (Å²) in [7, 11) is 0. The molecule has 4 nitrogen and oxygen atoms in total. The number of hydrogen-bond donors (Lipinski definition) is 0. The quantitative estimate of drug-likeness (QED) is 0.741. The van der Waals surface area contributed by atoms with Crippen LogP contribution in [-0.2, 0) is 27.3 Å². The second-order valence-electron chi connectivity index (χ2n) is 9.07. The Morgan fingerprint density at radius 1 is 1.21 bits per heavy atom. The van der Waals surface area contributed by atoms with E-state index in [0.717, 1.165) is 50.0 Å². The van der Waals surface area contributed by atoms with Crippen LogP contribution in [0.25, 0.3) is 0 Å². The molecule has 0 spiro atoms. The summed E-state index contributed by atoms with van der Waals surface area (Å²) in [5.41, 5.74) is 4.47. The van der Waals surface area contributed by atoms with E-state index in [9.17, 15) is 9.59 Å². The molecular weight excluding hydrogens is 350 g/mol. The first-order valence-corrected chi connectivity index (χ1v) is 10.4. The van der Waals surface area contributed by atoms with E-state index >= 15 is 0 Å². The molecule has 2 heterocycles. The number of ketones is 1. The van der Waals surface area contributed by atoms with Crippen molar-refractivity contribution >= 4 is 11.8 Å². The molecule has 1 saturated heterocycles. The van der Waals surface area contributed by atoms with Crippen molar-refractivity contribution in [2.24, 2.45) is 17.3 Å². The number of esters is 1. The Kier molecular flexibility index (Phi) is 4.09. The molecule has 4 heteroatoms. The van der Waals surface area contributed by atoms with E-state index in [2.05, 4.69) is 36.1 Å². The average molecular weight is 377 g/mol. The van der Waals surface area contributed by atoms with Crippen LogP contribution in [0.15, 0.2) is 47.6 Å². The zero-order valence-corrected chi connectivity index (χ0v) is 16.6. The van der Waals surface area contributed by atoms with Crippen LogP contribution < -0.4 is 0 Å². The van der Waals surface area contributed by atoms with E-state index in [4.69, 9.17) is 4.74 Å². The van der Waals surface area contributed by atoms with Gasteiger partial charge in [-0.2, -0.15) is 0 Å². The zero-order chi connectivity index (χ0) is 19.5. The molecule has 1 aromatic carbocycles. The van der Waals surface area contributed by atoms with Gasteiger partial charge in [0, 0.05) is 36.5 Å². The Balaban J connectivity index is 1.38. The third-order valence-corrected chi connectivity index (χ3v) is 7.39. The largest absolute Gasteiger partial charge is 0.457 e. The second kappa shape index (κ2) is 6.41. The fourth-order valence-corrected chi connectivity index (χ4v) is 5.77. The summed E-state index contributed by atoms with van der Waals surface area (Å²) < 4.78 is 5.93. The maximum absolute atomic E-state index is 12.9. The minimum absolute atomic E-state index is 0.0558. The third-order valence-electron chi connectivity index (χ3n) is 7.39. The maximum atomic E-state index is 12.9. The van der Waals surface area contributed by atoms with Crippen molar-refractivity contribution in [2.45, 2.75) is 45.8 Å². The van der Waals surface area contributed by atoms with Crippen molar-refractivity contribution in [3.63, 3.8) is 0 Å². The molecule has 1 saturated carbocycles. The molecule has 4 atom stereocenters. The number of benzene rings is 1. The minimum Gasteiger partial charge on any atom is -0.457 e. The van der Waals surface area contributed by atoms with Crippen molar-refractivity contribution in [1.82, 2.24) is 4.90 Å². The Morgan fingerprint density at radius 2 is 2.00 bits per heavy atom. The van der Waals surface area contributed by atoms with Gasteiger partial charge < -0.3 is 4.74 Å². The van der Waals surface area contributed by atoms with Crippen LogP contribution in [0.4, 0.5) is 0 Å². The highest BCUT2D eigenvalue weighted by atomic mass is 16.6. The van der Waals surface area contributed by atoms with Gasteiger partial charge in [0.25, 0.3) is 0 Å². The number of ether oxygens (including phenoxy) is 1. The smallest absolute Gasteiger partial charge is 0.311 e. The molecule has 2 fully saturated rings. The fraction of sp³-hybridized carbons (Fsp3) is 0.500. The molecule has 1 aromatic rings. The molecule has 0 unspecified atom stereocenters. The van der Waals surface area contributed by atoms with Gasteiger partial charge in [0.05, 0.1) is 5.92 Å². The summed E-state index contributed by atoms with van der Waals surface area (Å²) in [6.07, 6.45) is 6.46. The number of nitrogens with zero attached hydrogens (tertiary/aromatic N) is 1. The second-order valence-corrected chi connectivity index (χ2v) is 9.07. The van der Waals surface area contributed by atoms with Gasteiger partial charge in [-0.05, 0) is 49.0 Å². The number of allylic oxidation sites excluding steroid dienone is 3. The summed E-state index contributed by atoms with van der Waals surface area (Å²) in [6, 6.07) is 8.59. The predicted molar refractivity (Wildman–Crippen MR) is 106 cm³/mol. The lowest BCUT2D eigenvalue weighted by molar-refractivity contribution is -0.144. The lowest BCUT2D eigenvalue weighted by Crippen LogP contribution is -2.42. The van der Waals surface area contributed by atoms with Gasteiger partial charge in [0.1, 0.15) is 6.10 Å². The standard InChI is InChI=1S/C24H27NO3/c1-15-20(26)8-11-24(2)10-7-18-19(23(27)28-22(18)21(15)24)14-25-12-9-16-5-3-4-6-17(16)13-25/h3-6,8,11,18-19,22H,7,9-10,12-14H2,1-2H3/t18-,19-,22+,24-/m0/s1. The van der Waals surface area contributed by atoms with Gasteiger partial charge in [-0.15, -0.1) is 0 Å². The van der Waals surface area contributed by atoms with Gasteiger partial charge in [0.2, 0.25) is 0 Å². The molecule has 0 aromatic heterocycles. The van der Waals surface area contributed by atoms with Crippen LogP contribution in [0.5, 0.6) is 0 Å². The first kappa shape index (κ1) is 17.9. The van der Waals surface area contributed by atoms with Crippen LogP contribution in [0.3, 0.4) is 0 Å². The molecule has 0 amide bonds. The lowest BCUT2D eigenvalue weighted by Gasteiger charge is -2.43. The molecular formula is C24H27NO3. The van der Waals surface area contributed by atoms with Crippen LogP contribution in [0, 0.1) is 17.3 Å². The Bertz CT molecular complexity index is 914. The van der Waals surface area contributed by atoms with Crippen molar-refractivity contribution in [3.8, 4) is 0 Å². The third kappa shape index (κ3) is 2.69. The highest BCUT2D eigenvalue weighted by Gasteiger charge is 2.54. The van der Waals surface area contributed by atoms with E-state index in [1.54, 1.807) is 6.08 Å². The number of rotatable bonds is 2. The van der Waals surface area contributed by atoms with Crippen molar-refractivity contribution < 1.29 is 14.3 Å². The van der Waals surface area contributed by atoms with Gasteiger partial charge in [-0.25, -0.2) is 0 Å². The fourth-order valence-electron chi connectivity index (χ4n) is 5.77. The van der Waals surface area contributed by atoms with Crippen LogP contribution in [0.1, 0.15) is 37.8 Å². The lowest BCUT2D eigenvalue weighted by atomic mass is 9.61. The van der Waals surface area contributed by atoms with Crippen LogP contribution >= 0.6 is 0 Å². The first-order chi connectivity index (χ1) is 13.5. The Morgan fingerprint density at radius 3 is 2.82 bits per heavy atom. The van der Waals surface area contributed by atoms with Gasteiger partial charge in [-0.1, -0.05) is 37.3 Å². The highest BCUT2D eigenvalue weighted by molar-refractivity contribution is 6.05. The van der Waals surface area contributed by atoms with Gasteiger partial charge in [0.15, 0.2) is 5.78 Å². The van der Waals surface area contributed by atoms with Crippen molar-refractivity contribution in [3.05, 3.63) is 58.7 Å². The summed E-state index contributed by atoms with van der Waals surface area (Å²) in [4.78, 5) is 27.5. The Labute approximate surface area is 166 Å². The van der Waals surface area contributed by atoms with E-state index in [1.165, 1.54) is 11.1 Å². The average Bonchev–Trinajstić information content (AvgIpc) is 3.00. The molecule has 146 valence electrons. The van der Waals surface area contributed by atoms with E-state index in [0.29, 0.717) is 0 Å². The maximum Gasteiger partial charge on any atom is 0.311 e. The van der Waals surface area contributed by atoms with Crippen molar-refractivity contribution in [1.29, 1.82) is 0 Å². The summed E-state index contributed by atoms with van der Waals surface area (Å²) >= 11 is 0. The SMILES string of the molecule is CC1=C2[C@@H]3OC(=O)[C@@H](CN4CCc5ccccc5C4)[C@@H]3CC[C@@]2(C)C=CC1=O. The molecule has 0 bridgehead atoms. The molecule has 5 rings (SSSR count). The number of carbonyl (C=O) groups is 2. The normalized spacial score (nSPS) is 34.7. The van der Waals surface area contributed by atoms with Gasteiger partial charge >= 0.3 is 5.97 Å². The van der Waals surface area contributed by atoms with E-state index < -0.39 is 0 Å². The monoisotopic (exact) mass is 377 g/mol.